The predicted octanol–water partition coefficient (Wildman–Crippen LogP) is 0.821. The molecule has 0 aromatic carbocycles. The van der Waals surface area contributed by atoms with Gasteiger partial charge in [0.15, 0.2) is 0 Å². The molecule has 4 nitrogen and oxygen atoms in total. The van der Waals surface area contributed by atoms with Crippen molar-refractivity contribution in [3.63, 3.8) is 0 Å². The Hall–Kier alpha value is 1.36. The average Bonchev–Trinajstić information content (AvgIpc) is 1.63. The van der Waals surface area contributed by atoms with Crippen LogP contribution in [-0.4, -0.2) is 14.7 Å². The molecule has 0 aliphatic heterocycles. The van der Waals surface area contributed by atoms with Gasteiger partial charge in [-0.1, -0.05) is 0 Å². The Balaban J connectivity index is -0.000000107. The summed E-state index contributed by atoms with van der Waals surface area (Å²) in [4.78, 5) is 21.6. The van der Waals surface area contributed by atoms with E-state index in [4.69, 9.17) is 19.2 Å². The Kier molecular flexibility index (Phi) is 18.8. The van der Waals surface area contributed by atoms with E-state index in [2.05, 4.69) is 6.92 Å². The number of hydrogen-bond acceptors (Lipinski definition) is 1. The van der Waals surface area contributed by atoms with E-state index < -0.39 is 7.82 Å². The fourth-order valence-corrected chi connectivity index (χ4v) is 1.30. The second-order valence-corrected chi connectivity index (χ2v) is 4.23. The molecular weight excluding hydrogens is 274 g/mol. The first kappa shape index (κ1) is 18.2. The molecule has 3 N–H and O–H groups in total. The van der Waals surface area contributed by atoms with Gasteiger partial charge in [-0.3, -0.25) is 0 Å². The van der Waals surface area contributed by atoms with Gasteiger partial charge in [-0.25, -0.2) is 4.57 Å². The Morgan fingerprint density at radius 2 is 1.64 bits per heavy atom. The third-order valence-corrected chi connectivity index (χ3v) is 1.65. The average molecular weight is 286 g/mol. The van der Waals surface area contributed by atoms with Gasteiger partial charge >= 0.3 is 50.9 Å². The molecule has 0 amide bonds. The summed E-state index contributed by atoms with van der Waals surface area (Å²) in [6.45, 7) is 2.23. The molecule has 0 unspecified atom stereocenters. The molecule has 0 aromatic rings. The van der Waals surface area contributed by atoms with E-state index >= 15 is 0 Å². The minimum absolute atomic E-state index is 0. The number of hydrogen-bond donors (Lipinski definition) is 3. The van der Waals surface area contributed by atoms with Crippen molar-refractivity contribution < 1.29 is 57.0 Å². The van der Waals surface area contributed by atoms with Crippen LogP contribution < -0.4 is 0 Å². The summed E-state index contributed by atoms with van der Waals surface area (Å²) in [5.41, 5.74) is 0. The maximum atomic E-state index is 8.88. The Bertz CT molecular complexity index is 94.0. The topological polar surface area (TPSA) is 77.8 Å². The van der Waals surface area contributed by atoms with Crippen LogP contribution in [0.3, 0.4) is 0 Å². The van der Waals surface area contributed by atoms with Gasteiger partial charge in [0.05, 0.1) is 0 Å². The van der Waals surface area contributed by atoms with Gasteiger partial charge in [-0.05, 0) is 0 Å². The van der Waals surface area contributed by atoms with E-state index in [9.17, 15) is 0 Å². The monoisotopic (exact) mass is 283 g/mol. The second kappa shape index (κ2) is 11.4. The van der Waals surface area contributed by atoms with Crippen molar-refractivity contribution in [2.45, 2.75) is 24.8 Å². The van der Waals surface area contributed by atoms with Crippen molar-refractivity contribution >= 4 is 7.82 Å². The molecule has 0 radical (unpaired) electrons. The van der Waals surface area contributed by atoms with Crippen molar-refractivity contribution in [2.24, 2.45) is 0 Å². The molecule has 0 aliphatic carbocycles. The summed E-state index contributed by atoms with van der Waals surface area (Å²) in [7, 11) is -4.64. The summed E-state index contributed by atoms with van der Waals surface area (Å²) >= 11 is 1.48. The zero-order valence-electron chi connectivity index (χ0n) is 6.73. The molecule has 11 heavy (non-hydrogen) atoms. The molecule has 0 spiro atoms. The molecule has 0 bridgehead atoms. The van der Waals surface area contributed by atoms with E-state index in [1.165, 1.54) is 36.2 Å². The predicted molar refractivity (Wildman–Crippen MR) is 34.0 cm³/mol. The summed E-state index contributed by atoms with van der Waals surface area (Å²) in [5.74, 6) is 0. The first-order valence-corrected chi connectivity index (χ1v) is 6.65. The number of phosphoric acid groups is 1. The van der Waals surface area contributed by atoms with E-state index in [1.807, 2.05) is 0 Å². The molecule has 7 heteroatoms. The van der Waals surface area contributed by atoms with Gasteiger partial charge in [0, 0.05) is 19.5 Å². The minimum atomic E-state index is -4.64. The van der Waals surface area contributed by atoms with E-state index in [-0.39, 0.29) is 19.5 Å². The summed E-state index contributed by atoms with van der Waals surface area (Å²) in [5, 5.41) is 1.47. The summed E-state index contributed by atoms with van der Waals surface area (Å²) < 4.78 is 8.88. The molecule has 0 fully saturated rings. The van der Waals surface area contributed by atoms with Crippen LogP contribution in [0.4, 0.5) is 0 Å². The van der Waals surface area contributed by atoms with Crippen molar-refractivity contribution in [3.05, 3.63) is 0 Å². The van der Waals surface area contributed by atoms with Gasteiger partial charge in [-0.15, -0.1) is 0 Å². The maximum Gasteiger partial charge on any atom is 0.466 e. The summed E-state index contributed by atoms with van der Waals surface area (Å²) in [6, 6.07) is 0. The van der Waals surface area contributed by atoms with Gasteiger partial charge < -0.3 is 14.7 Å². The second-order valence-electron chi connectivity index (χ2n) is 1.72. The fourth-order valence-electron chi connectivity index (χ4n) is 0.250. The van der Waals surface area contributed by atoms with Crippen LogP contribution in [0.5, 0.6) is 0 Å². The molecule has 0 atom stereocenters. The Morgan fingerprint density at radius 1 is 1.36 bits per heavy atom. The standard InChI is InChI=1S/C4H9.H3O4P.2Zn/c1-3-4-2;1-5(2,3)4;;/h1,3-4H2,2H3;(H3,1,2,3,4);;. The Morgan fingerprint density at radius 3 is 1.64 bits per heavy atom. The zero-order valence-corrected chi connectivity index (χ0v) is 13.6. The van der Waals surface area contributed by atoms with Crippen LogP contribution >= 0.6 is 7.82 Å². The molecule has 0 heterocycles. The van der Waals surface area contributed by atoms with Crippen LogP contribution in [0.15, 0.2) is 0 Å². The largest absolute Gasteiger partial charge is 0.466 e. The van der Waals surface area contributed by atoms with Gasteiger partial charge in [0.2, 0.25) is 0 Å². The molecule has 61 valence electrons. The van der Waals surface area contributed by atoms with Crippen molar-refractivity contribution in [3.8, 4) is 0 Å². The molecule has 0 saturated carbocycles. The van der Waals surface area contributed by atoms with Crippen molar-refractivity contribution in [1.82, 2.24) is 0 Å². The molecule has 0 aliphatic rings. The first-order valence-electron chi connectivity index (χ1n) is 2.99. The fraction of sp³-hybridized carbons (Fsp3) is 1.00. The molecule has 0 aromatic heterocycles. The maximum absolute atomic E-state index is 8.88. The number of rotatable bonds is 2. The van der Waals surface area contributed by atoms with Gasteiger partial charge in [-0.2, -0.15) is 0 Å². The van der Waals surface area contributed by atoms with Crippen molar-refractivity contribution in [2.75, 3.05) is 0 Å². The molecule has 0 saturated heterocycles. The quantitative estimate of drug-likeness (QED) is 0.519. The van der Waals surface area contributed by atoms with Gasteiger partial charge in [0.1, 0.15) is 0 Å². The smallest absolute Gasteiger partial charge is 0.303 e. The van der Waals surface area contributed by atoms with Crippen LogP contribution in [0, 0.1) is 0 Å². The van der Waals surface area contributed by atoms with Crippen LogP contribution in [-0.2, 0) is 42.3 Å². The van der Waals surface area contributed by atoms with Gasteiger partial charge in [0.25, 0.3) is 0 Å². The van der Waals surface area contributed by atoms with E-state index in [1.54, 1.807) is 0 Å². The Labute approximate surface area is 89.5 Å². The SMILES string of the molecule is CCC[CH2][Zn].O=P(O)(O)O.[Zn]. The van der Waals surface area contributed by atoms with E-state index in [0.29, 0.717) is 0 Å². The third kappa shape index (κ3) is 88.2. The van der Waals surface area contributed by atoms with Crippen molar-refractivity contribution in [1.29, 1.82) is 0 Å². The third-order valence-electron chi connectivity index (χ3n) is 0.604. The van der Waals surface area contributed by atoms with Crippen LogP contribution in [0.25, 0.3) is 0 Å². The normalized spacial score (nSPS) is 9.27. The number of unbranched alkanes of at least 4 members (excludes halogenated alkanes) is 1. The summed E-state index contributed by atoms with van der Waals surface area (Å²) in [6.07, 6.45) is 2.82. The zero-order chi connectivity index (χ0) is 8.62. The molecular formula is C4H12O4PZn2. The molecule has 0 rings (SSSR count). The van der Waals surface area contributed by atoms with Crippen LogP contribution in [0.1, 0.15) is 19.8 Å². The first-order chi connectivity index (χ1) is 4.41. The minimum Gasteiger partial charge on any atom is -0.303 e. The van der Waals surface area contributed by atoms with Crippen LogP contribution in [0.2, 0.25) is 5.02 Å². The van der Waals surface area contributed by atoms with E-state index in [0.717, 1.165) is 0 Å².